The zero-order valence-electron chi connectivity index (χ0n) is 17.2. The number of fused-ring (bicyclic) bond motifs is 1. The average molecular weight is 460 g/mol. The van der Waals surface area contributed by atoms with E-state index in [9.17, 15) is 4.79 Å². The van der Waals surface area contributed by atoms with Crippen LogP contribution in [0.4, 0.5) is 5.13 Å². The van der Waals surface area contributed by atoms with Crippen molar-refractivity contribution in [3.63, 3.8) is 0 Å². The quantitative estimate of drug-likeness (QED) is 0.376. The lowest BCUT2D eigenvalue weighted by Crippen LogP contribution is -2.11. The number of amides is 1. The van der Waals surface area contributed by atoms with Crippen molar-refractivity contribution < 1.29 is 9.53 Å². The van der Waals surface area contributed by atoms with Crippen LogP contribution in [0, 0.1) is 6.92 Å². The molecule has 5 rings (SSSR count). The Bertz CT molecular complexity index is 1430. The van der Waals surface area contributed by atoms with Crippen LogP contribution < -0.4 is 10.1 Å². The Morgan fingerprint density at radius 2 is 1.94 bits per heavy atom. The molecule has 0 radical (unpaired) electrons. The second-order valence-corrected chi connectivity index (χ2v) is 8.76. The molecule has 0 atom stereocenters. The first-order valence-electron chi connectivity index (χ1n) is 9.71. The Morgan fingerprint density at radius 3 is 2.72 bits per heavy atom. The first kappa shape index (κ1) is 20.2. The van der Waals surface area contributed by atoms with Gasteiger partial charge in [0.25, 0.3) is 5.91 Å². The maximum absolute atomic E-state index is 12.7. The summed E-state index contributed by atoms with van der Waals surface area (Å²) < 4.78 is 6.40. The highest BCUT2D eigenvalue weighted by Gasteiger charge is 2.18. The smallest absolute Gasteiger partial charge is 0.257 e. The van der Waals surface area contributed by atoms with E-state index in [1.165, 1.54) is 22.7 Å². The number of aromatic nitrogens is 4. The number of ether oxygens (including phenoxy) is 1. The molecule has 0 fully saturated rings. The van der Waals surface area contributed by atoms with Gasteiger partial charge in [0.2, 0.25) is 0 Å². The monoisotopic (exact) mass is 459 g/mol. The number of carbonyl (C=O) groups excluding carboxylic acids is 1. The van der Waals surface area contributed by atoms with E-state index in [-0.39, 0.29) is 5.91 Å². The molecular weight excluding hydrogens is 442 g/mol. The van der Waals surface area contributed by atoms with Gasteiger partial charge in [0.05, 0.1) is 23.2 Å². The maximum atomic E-state index is 12.7. The number of methoxy groups -OCH3 is 1. The minimum absolute atomic E-state index is 0.235. The SMILES string of the molecule is COc1ccc(-c2csc(-c3ccccn3)n2)c2sc(NC(=O)c3ccnc(C)c3)nc12. The number of hydrogen-bond acceptors (Lipinski definition) is 8. The van der Waals surface area contributed by atoms with Crippen molar-refractivity contribution in [2.75, 3.05) is 12.4 Å². The molecule has 0 aliphatic carbocycles. The van der Waals surface area contributed by atoms with Crippen molar-refractivity contribution in [3.8, 4) is 27.7 Å². The van der Waals surface area contributed by atoms with Gasteiger partial charge < -0.3 is 4.74 Å². The van der Waals surface area contributed by atoms with Crippen molar-refractivity contribution in [1.82, 2.24) is 19.9 Å². The van der Waals surface area contributed by atoms with E-state index in [0.717, 1.165) is 32.4 Å². The zero-order valence-corrected chi connectivity index (χ0v) is 18.8. The summed E-state index contributed by atoms with van der Waals surface area (Å²) in [4.78, 5) is 30.6. The third-order valence-electron chi connectivity index (χ3n) is 4.77. The van der Waals surface area contributed by atoms with Crippen LogP contribution in [0.3, 0.4) is 0 Å². The summed E-state index contributed by atoms with van der Waals surface area (Å²) in [5.41, 5.74) is 4.58. The van der Waals surface area contributed by atoms with Crippen LogP contribution in [-0.4, -0.2) is 33.0 Å². The summed E-state index contributed by atoms with van der Waals surface area (Å²) >= 11 is 2.93. The number of carbonyl (C=O) groups is 1. The molecule has 1 amide bonds. The topological polar surface area (TPSA) is 89.9 Å². The van der Waals surface area contributed by atoms with E-state index in [2.05, 4.69) is 20.3 Å². The minimum Gasteiger partial charge on any atom is -0.494 e. The van der Waals surface area contributed by atoms with E-state index < -0.39 is 0 Å². The first-order chi connectivity index (χ1) is 15.6. The van der Waals surface area contributed by atoms with Gasteiger partial charge in [0.15, 0.2) is 5.13 Å². The summed E-state index contributed by atoms with van der Waals surface area (Å²) in [5.74, 6) is 0.404. The third-order valence-corrected chi connectivity index (χ3v) is 6.64. The van der Waals surface area contributed by atoms with Crippen LogP contribution in [-0.2, 0) is 0 Å². The number of hydrogen-bond donors (Lipinski definition) is 1. The molecule has 4 heterocycles. The molecule has 9 heteroatoms. The van der Waals surface area contributed by atoms with Crippen LogP contribution in [0.1, 0.15) is 16.1 Å². The molecule has 0 saturated carbocycles. The zero-order chi connectivity index (χ0) is 22.1. The lowest BCUT2D eigenvalue weighted by molar-refractivity contribution is 0.102. The normalized spacial score (nSPS) is 10.9. The summed E-state index contributed by atoms with van der Waals surface area (Å²) in [5, 5.41) is 6.23. The number of nitrogens with one attached hydrogen (secondary N) is 1. The highest BCUT2D eigenvalue weighted by atomic mass is 32.1. The molecule has 1 aromatic carbocycles. The van der Waals surface area contributed by atoms with Gasteiger partial charge in [-0.15, -0.1) is 11.3 Å². The van der Waals surface area contributed by atoms with Crippen molar-refractivity contribution in [1.29, 1.82) is 0 Å². The first-order valence-corrected chi connectivity index (χ1v) is 11.4. The molecule has 7 nitrogen and oxygen atoms in total. The Balaban J connectivity index is 1.53. The van der Waals surface area contributed by atoms with Gasteiger partial charge in [-0.25, -0.2) is 9.97 Å². The van der Waals surface area contributed by atoms with Gasteiger partial charge in [0.1, 0.15) is 16.3 Å². The molecule has 158 valence electrons. The molecule has 0 bridgehead atoms. The predicted molar refractivity (Wildman–Crippen MR) is 127 cm³/mol. The second kappa shape index (κ2) is 8.45. The van der Waals surface area contributed by atoms with E-state index in [0.29, 0.717) is 22.0 Å². The molecule has 0 spiro atoms. The minimum atomic E-state index is -0.235. The van der Waals surface area contributed by atoms with Crippen molar-refractivity contribution in [3.05, 3.63) is 71.5 Å². The standard InChI is InChI=1S/C23H17N5O2S2/c1-13-11-14(8-10-24-13)21(29)28-23-27-19-18(30-2)7-6-15(20(19)32-23)17-12-31-22(26-17)16-5-3-4-9-25-16/h3-12H,1-2H3,(H,27,28,29). The van der Waals surface area contributed by atoms with Gasteiger partial charge in [-0.1, -0.05) is 17.4 Å². The molecule has 5 aromatic rings. The highest BCUT2D eigenvalue weighted by Crippen LogP contribution is 2.40. The van der Waals surface area contributed by atoms with Crippen LogP contribution >= 0.6 is 22.7 Å². The fourth-order valence-electron chi connectivity index (χ4n) is 3.26. The molecule has 4 aromatic heterocycles. The summed E-state index contributed by atoms with van der Waals surface area (Å²) in [6.45, 7) is 1.85. The van der Waals surface area contributed by atoms with E-state index >= 15 is 0 Å². The Morgan fingerprint density at radius 1 is 1.03 bits per heavy atom. The van der Waals surface area contributed by atoms with Crippen LogP contribution in [0.25, 0.3) is 32.2 Å². The molecule has 0 saturated heterocycles. The van der Waals surface area contributed by atoms with Gasteiger partial charge in [0, 0.05) is 34.6 Å². The highest BCUT2D eigenvalue weighted by molar-refractivity contribution is 7.23. The average Bonchev–Trinajstić information content (AvgIpc) is 3.46. The van der Waals surface area contributed by atoms with Crippen molar-refractivity contribution in [2.45, 2.75) is 6.92 Å². The van der Waals surface area contributed by atoms with Crippen LogP contribution in [0.2, 0.25) is 0 Å². The predicted octanol–water partition coefficient (Wildman–Crippen LogP) is 5.45. The largest absolute Gasteiger partial charge is 0.494 e. The molecule has 1 N–H and O–H groups in total. The summed E-state index contributed by atoms with van der Waals surface area (Å²) in [6.07, 6.45) is 3.37. The fraction of sp³-hybridized carbons (Fsp3) is 0.0870. The van der Waals surface area contributed by atoms with Gasteiger partial charge in [-0.3, -0.25) is 20.1 Å². The number of pyridine rings is 2. The van der Waals surface area contributed by atoms with Crippen LogP contribution in [0.5, 0.6) is 5.75 Å². The number of anilines is 1. The van der Waals surface area contributed by atoms with Gasteiger partial charge in [-0.05, 0) is 43.3 Å². The lowest BCUT2D eigenvalue weighted by atomic mass is 10.1. The molecule has 32 heavy (non-hydrogen) atoms. The fourth-order valence-corrected chi connectivity index (χ4v) is 5.06. The number of benzene rings is 1. The molecule has 0 unspecified atom stereocenters. The number of aryl methyl sites for hydroxylation is 1. The lowest BCUT2D eigenvalue weighted by Gasteiger charge is -2.03. The Kier molecular flexibility index (Phi) is 5.34. The number of rotatable bonds is 5. The van der Waals surface area contributed by atoms with Crippen LogP contribution in [0.15, 0.2) is 60.2 Å². The second-order valence-electron chi connectivity index (χ2n) is 6.91. The molecule has 0 aliphatic rings. The Hall–Kier alpha value is -3.69. The maximum Gasteiger partial charge on any atom is 0.257 e. The Labute approximate surface area is 191 Å². The van der Waals surface area contributed by atoms with E-state index in [1.54, 1.807) is 31.6 Å². The summed E-state index contributed by atoms with van der Waals surface area (Å²) in [7, 11) is 1.60. The summed E-state index contributed by atoms with van der Waals surface area (Å²) in [6, 6.07) is 13.0. The van der Waals surface area contributed by atoms with Crippen molar-refractivity contribution in [2.24, 2.45) is 0 Å². The van der Waals surface area contributed by atoms with E-state index in [1.807, 2.05) is 42.6 Å². The number of thiazole rings is 2. The number of nitrogens with zero attached hydrogens (tertiary/aromatic N) is 4. The molecular formula is C23H17N5O2S2. The third kappa shape index (κ3) is 3.83. The van der Waals surface area contributed by atoms with Gasteiger partial charge in [-0.2, -0.15) is 0 Å². The van der Waals surface area contributed by atoms with Crippen molar-refractivity contribution >= 4 is 43.9 Å². The van der Waals surface area contributed by atoms with Gasteiger partial charge >= 0.3 is 0 Å². The van der Waals surface area contributed by atoms with E-state index in [4.69, 9.17) is 9.72 Å². The molecule has 0 aliphatic heterocycles.